The maximum Gasteiger partial charge on any atom is 0.237 e. The molecule has 0 amide bonds. The predicted octanol–water partition coefficient (Wildman–Crippen LogP) is 9.82. The van der Waals surface area contributed by atoms with Crippen LogP contribution in [-0.2, 0) is 26.8 Å². The molecule has 0 atom stereocenters. The van der Waals surface area contributed by atoms with Crippen molar-refractivity contribution in [3.8, 4) is 290 Å². The van der Waals surface area contributed by atoms with Crippen molar-refractivity contribution in [1.29, 1.82) is 0 Å². The number of hydrogen-bond donors (Lipinski definition) is 0. The average molecular weight is 1260 g/mol. The second-order valence-electron chi connectivity index (χ2n) is 17.1. The number of Topliss-reactive ketones (excluding diaryl/α,β-unsaturated/α-hetero) is 2. The first-order valence-electron chi connectivity index (χ1n) is 27.9. The van der Waals surface area contributed by atoms with Crippen LogP contribution in [-0.4, -0.2) is 38.1 Å². The fourth-order valence-electron chi connectivity index (χ4n) is 6.50. The maximum atomic E-state index is 12.6. The smallest absolute Gasteiger partial charge is 0.237 e. The van der Waals surface area contributed by atoms with Crippen LogP contribution < -0.4 is 4.74 Å². The van der Waals surface area contributed by atoms with Crippen LogP contribution in [0.3, 0.4) is 0 Å². The van der Waals surface area contributed by atoms with Gasteiger partial charge in [0.05, 0.1) is 23.8 Å². The van der Waals surface area contributed by atoms with Crippen LogP contribution in [0.4, 0.5) is 0 Å². The second kappa shape index (κ2) is 53.4. The third kappa shape index (κ3) is 39.1. The monoisotopic (exact) mass is 1260 g/mol. The number of pyridine rings is 2. The van der Waals surface area contributed by atoms with E-state index in [9.17, 15) is 9.59 Å². The molecule has 0 bridgehead atoms. The summed E-state index contributed by atoms with van der Waals surface area (Å²) in [5.41, 5.74) is 3.28. The van der Waals surface area contributed by atoms with Gasteiger partial charge in [-0.25, -0.2) is 0 Å². The quantitative estimate of drug-likeness (QED) is 0.0217. The standard InChI is InChI=1S/C56H8N2O2.C27H41N2O.Pd/c1-3-5-7-9-11-13-15-17-19-21-23-25-27-29-31-33-35-37-39-41-43-55(59)51-45-47-57-53(49-51)54-50-52(46-48-58-54)56(60)44-42-40-38-36-34-32-30-28-26-24-22-20-18-16-14-12-10-8-6-4-2;1-3-5-7-9-10-11-12-13-15-21-30-26-19-17-25(18-20-26)27-28-22-24(23-29-27)16-14-8-6-4-2;/h1-2,45-50H;17,19-20,22-23H,3-16,21H2,1-2H3;/q;-1;. The van der Waals surface area contributed by atoms with Crippen molar-refractivity contribution in [2.75, 3.05) is 6.61 Å². The molecule has 4 rings (SSSR count). The molecule has 0 aliphatic carbocycles. The molecule has 0 aliphatic rings. The normalized spacial score (nSPS) is 7.43. The second-order valence-corrected chi connectivity index (χ2v) is 17.1. The van der Waals surface area contributed by atoms with E-state index in [1.54, 1.807) is 0 Å². The van der Waals surface area contributed by atoms with Crippen LogP contribution in [0.1, 0.15) is 124 Å². The molecule has 0 fully saturated rings. The zero-order chi connectivity index (χ0) is 64.1. The van der Waals surface area contributed by atoms with E-state index in [2.05, 4.69) is 289 Å². The molecule has 0 aliphatic heterocycles. The zero-order valence-electron chi connectivity index (χ0n) is 49.9. The molecule has 0 unspecified atom stereocenters. The first kappa shape index (κ1) is 73.8. The number of rotatable bonds is 20. The van der Waals surface area contributed by atoms with Crippen molar-refractivity contribution in [3.05, 3.63) is 90.0 Å². The largest absolute Gasteiger partial charge is 0.537 e. The van der Waals surface area contributed by atoms with Gasteiger partial charge in [0.2, 0.25) is 11.6 Å². The van der Waals surface area contributed by atoms with Gasteiger partial charge < -0.3 is 4.74 Å². The molecule has 91 heavy (non-hydrogen) atoms. The third-order valence-electron chi connectivity index (χ3n) is 10.6. The van der Waals surface area contributed by atoms with Gasteiger partial charge in [0.1, 0.15) is 0 Å². The average Bonchev–Trinajstić information content (AvgIpc) is 1.60. The molecular formula is C83H49N4O3Pd-. The van der Waals surface area contributed by atoms with Crippen LogP contribution >= 0.6 is 0 Å². The fraction of sp³-hybridized carbons (Fsp3) is 0.205. The maximum absolute atomic E-state index is 12.6. The Bertz CT molecular complexity index is 4460. The number of benzene rings is 1. The Labute approximate surface area is 553 Å². The predicted molar refractivity (Wildman–Crippen MR) is 356 cm³/mol. The van der Waals surface area contributed by atoms with Gasteiger partial charge in [0, 0.05) is 109 Å². The Morgan fingerprint density at radius 2 is 0.736 bits per heavy atom. The molecule has 1 aromatic carbocycles. The molecule has 8 heteroatoms. The van der Waals surface area contributed by atoms with Gasteiger partial charge in [-0.3, -0.25) is 29.5 Å². The summed E-state index contributed by atoms with van der Waals surface area (Å²) in [6.07, 6.45) is 34.8. The van der Waals surface area contributed by atoms with Gasteiger partial charge in [0.15, 0.2) is 0 Å². The molecular weight excluding hydrogens is 1210 g/mol. The summed E-state index contributed by atoms with van der Waals surface area (Å²) in [5, 5.41) is 0. The number of ether oxygens (including phenoxy) is 1. The molecule has 0 N–H and O–H groups in total. The minimum atomic E-state index is -0.516. The number of carbonyl (C=O) groups is 2. The number of carbonyl (C=O) groups excluding carboxylic acids is 2. The summed E-state index contributed by atoms with van der Waals surface area (Å²) in [6.45, 7) is 5.29. The van der Waals surface area contributed by atoms with Gasteiger partial charge in [-0.1, -0.05) is 84.5 Å². The van der Waals surface area contributed by atoms with Crippen molar-refractivity contribution < 1.29 is 34.7 Å². The molecule has 3 aromatic heterocycles. The Morgan fingerprint density at radius 3 is 1.08 bits per heavy atom. The topological polar surface area (TPSA) is 94.9 Å². The fourth-order valence-corrected chi connectivity index (χ4v) is 6.50. The number of aromatic nitrogens is 4. The van der Waals surface area contributed by atoms with Crippen LogP contribution in [0, 0.1) is 268 Å². The van der Waals surface area contributed by atoms with E-state index in [1.165, 1.54) is 119 Å². The Balaban J connectivity index is 0.000000759. The minimum Gasteiger partial charge on any atom is -0.537 e. The Hall–Kier alpha value is -13.3. The molecule has 0 saturated carbocycles. The van der Waals surface area contributed by atoms with E-state index in [4.69, 9.17) is 17.6 Å². The summed E-state index contributed by atoms with van der Waals surface area (Å²) in [4.78, 5) is 42.8. The van der Waals surface area contributed by atoms with Crippen molar-refractivity contribution in [2.45, 2.75) is 104 Å². The SMILES string of the molecule is C#CC#CC#CC#CC#CC#CC#CC#CC#CC#CC#CC(=O)c1ccnc(-c2cc(C(=O)C#CC#CC#CC#CC#CC#CC#CC#CC#CC#CC#C)ccn2)c1.CCCCCCCCCCCOc1c[c-]c(-c2ncc(CCCCCC)cn2)cc1.[Pd]. The van der Waals surface area contributed by atoms with Crippen LogP contribution in [0.5, 0.6) is 5.75 Å². The van der Waals surface area contributed by atoms with Crippen LogP contribution in [0.2, 0.25) is 0 Å². The molecule has 0 radical (unpaired) electrons. The third-order valence-corrected chi connectivity index (χ3v) is 10.6. The van der Waals surface area contributed by atoms with Crippen molar-refractivity contribution >= 4 is 11.6 Å². The molecule has 3 heterocycles. The van der Waals surface area contributed by atoms with E-state index < -0.39 is 11.6 Å². The number of aryl methyl sites for hydroxylation is 1. The van der Waals surface area contributed by atoms with Crippen molar-refractivity contribution in [2.24, 2.45) is 0 Å². The first-order chi connectivity index (χ1) is 44.5. The van der Waals surface area contributed by atoms with Crippen LogP contribution in [0.15, 0.2) is 67.3 Å². The number of ketones is 2. The Kier molecular flexibility index (Phi) is 43.4. The number of unbranched alkanes of at least 4 members (excludes halogenated alkanes) is 11. The molecule has 7 nitrogen and oxygen atoms in total. The summed E-state index contributed by atoms with van der Waals surface area (Å²) in [6, 6.07) is 15.1. The summed E-state index contributed by atoms with van der Waals surface area (Å²) < 4.78 is 5.87. The van der Waals surface area contributed by atoms with Gasteiger partial charge >= 0.3 is 0 Å². The molecule has 4 aromatic rings. The number of hydrogen-bond acceptors (Lipinski definition) is 7. The Morgan fingerprint density at radius 1 is 0.407 bits per heavy atom. The van der Waals surface area contributed by atoms with Crippen molar-refractivity contribution in [1.82, 2.24) is 19.9 Å². The van der Waals surface area contributed by atoms with E-state index in [-0.39, 0.29) is 31.5 Å². The molecule has 0 spiro atoms. The van der Waals surface area contributed by atoms with E-state index in [1.807, 2.05) is 30.6 Å². The minimum absolute atomic E-state index is 0. The van der Waals surface area contributed by atoms with Gasteiger partial charge in [-0.15, -0.1) is 42.7 Å². The van der Waals surface area contributed by atoms with Gasteiger partial charge in [-0.05, 0) is 250 Å². The summed E-state index contributed by atoms with van der Waals surface area (Å²) >= 11 is 0. The molecule has 0 saturated heterocycles. The number of nitrogens with zero attached hydrogens (tertiary/aromatic N) is 4. The first-order valence-corrected chi connectivity index (χ1v) is 27.9. The number of terminal acetylenes is 2. The van der Waals surface area contributed by atoms with E-state index in [0.29, 0.717) is 11.4 Å². The molecule has 430 valence electrons. The summed E-state index contributed by atoms with van der Waals surface area (Å²) in [7, 11) is 0. The van der Waals surface area contributed by atoms with Crippen molar-refractivity contribution in [3.63, 3.8) is 0 Å². The van der Waals surface area contributed by atoms with Gasteiger partial charge in [-0.2, -0.15) is 0 Å². The van der Waals surface area contributed by atoms with E-state index >= 15 is 0 Å². The zero-order valence-corrected chi connectivity index (χ0v) is 51.5. The van der Waals surface area contributed by atoms with Gasteiger partial charge in [0.25, 0.3) is 0 Å². The summed E-state index contributed by atoms with van der Waals surface area (Å²) in [5.74, 6) is 103. The van der Waals surface area contributed by atoms with Crippen LogP contribution in [0.25, 0.3) is 22.8 Å². The van der Waals surface area contributed by atoms with E-state index in [0.717, 1.165) is 36.6 Å².